The fourth-order valence-electron chi connectivity index (χ4n) is 1.25. The normalized spacial score (nSPS) is 12.9. The van der Waals surface area contributed by atoms with Crippen LogP contribution < -0.4 is 0 Å². The molecule has 0 aromatic rings. The highest BCUT2D eigenvalue weighted by atomic mass is 16.2. The molecule has 0 spiro atoms. The van der Waals surface area contributed by atoms with Gasteiger partial charge in [-0.05, 0) is 47.0 Å². The first-order valence-corrected chi connectivity index (χ1v) is 5.61. The van der Waals surface area contributed by atoms with Crippen LogP contribution in [0.3, 0.4) is 0 Å². The van der Waals surface area contributed by atoms with Gasteiger partial charge in [-0.1, -0.05) is 34.9 Å². The van der Waals surface area contributed by atoms with Gasteiger partial charge in [0.25, 0.3) is 0 Å². The number of aliphatic hydroxyl groups excluding tert-OH is 1. The zero-order valence-corrected chi connectivity index (χ0v) is 10.5. The van der Waals surface area contributed by atoms with Crippen molar-refractivity contribution in [3.63, 3.8) is 0 Å². The summed E-state index contributed by atoms with van der Waals surface area (Å²) in [5.41, 5.74) is 4.07. The Morgan fingerprint density at radius 1 is 0.933 bits per heavy atom. The third kappa shape index (κ3) is 9.48. The van der Waals surface area contributed by atoms with E-state index in [9.17, 15) is 0 Å². The Balaban J connectivity index is 3.86. The van der Waals surface area contributed by atoms with E-state index in [1.807, 2.05) is 6.08 Å². The zero-order chi connectivity index (χ0) is 11.7. The molecule has 0 saturated carbocycles. The van der Waals surface area contributed by atoms with Gasteiger partial charge >= 0.3 is 0 Å². The van der Waals surface area contributed by atoms with E-state index >= 15 is 0 Å². The third-order valence-corrected chi connectivity index (χ3v) is 2.30. The predicted molar refractivity (Wildman–Crippen MR) is 67.9 cm³/mol. The molecular formula is C14H24O. The molecule has 0 unspecified atom stereocenters. The zero-order valence-electron chi connectivity index (χ0n) is 10.5. The Bertz CT molecular complexity index is 253. The van der Waals surface area contributed by atoms with Gasteiger partial charge in [0.15, 0.2) is 0 Å². The highest BCUT2D eigenvalue weighted by Gasteiger charge is 1.90. The molecule has 0 saturated heterocycles. The van der Waals surface area contributed by atoms with E-state index < -0.39 is 0 Å². The number of hydrogen-bond donors (Lipinski definition) is 1. The summed E-state index contributed by atoms with van der Waals surface area (Å²) in [4.78, 5) is 0. The Hall–Kier alpha value is -0.820. The molecule has 1 nitrogen and oxygen atoms in total. The van der Waals surface area contributed by atoms with Gasteiger partial charge in [-0.2, -0.15) is 0 Å². The van der Waals surface area contributed by atoms with Crippen LogP contribution >= 0.6 is 0 Å². The molecule has 0 amide bonds. The molecule has 0 fully saturated rings. The lowest BCUT2D eigenvalue weighted by atomic mass is 10.1. The van der Waals surface area contributed by atoms with E-state index in [-0.39, 0.29) is 6.61 Å². The average Bonchev–Trinajstić information content (AvgIpc) is 2.15. The summed E-state index contributed by atoms with van der Waals surface area (Å²) in [6.45, 7) is 8.65. The third-order valence-electron chi connectivity index (χ3n) is 2.30. The van der Waals surface area contributed by atoms with Gasteiger partial charge in [-0.3, -0.25) is 0 Å². The van der Waals surface area contributed by atoms with Crippen molar-refractivity contribution < 1.29 is 5.11 Å². The summed E-state index contributed by atoms with van der Waals surface area (Å²) >= 11 is 0. The molecule has 0 aromatic heterocycles. The molecule has 0 heterocycles. The molecular weight excluding hydrogens is 184 g/mol. The van der Waals surface area contributed by atoms with Crippen molar-refractivity contribution in [3.05, 3.63) is 34.9 Å². The van der Waals surface area contributed by atoms with Gasteiger partial charge in [-0.15, -0.1) is 0 Å². The molecule has 0 atom stereocenters. The molecule has 0 aromatic carbocycles. The highest BCUT2D eigenvalue weighted by Crippen LogP contribution is 2.09. The summed E-state index contributed by atoms with van der Waals surface area (Å²) in [6.07, 6.45) is 9.60. The minimum atomic E-state index is 0.159. The largest absolute Gasteiger partial charge is 0.392 e. The quantitative estimate of drug-likeness (QED) is 0.654. The van der Waals surface area contributed by atoms with Gasteiger partial charge in [-0.25, -0.2) is 0 Å². The average molecular weight is 208 g/mol. The molecule has 0 bridgehead atoms. The van der Waals surface area contributed by atoms with Crippen molar-refractivity contribution in [1.82, 2.24) is 0 Å². The maximum absolute atomic E-state index is 8.69. The molecule has 0 aliphatic rings. The van der Waals surface area contributed by atoms with Crippen LogP contribution in [-0.2, 0) is 0 Å². The van der Waals surface area contributed by atoms with E-state index in [2.05, 4.69) is 39.8 Å². The molecule has 1 heteroatoms. The molecule has 0 aliphatic carbocycles. The monoisotopic (exact) mass is 208 g/mol. The standard InChI is InChI=1S/C14H24O/c1-12(2)8-9-13(3)6-5-7-14(4)10-11-15/h6,8,10,15H,5,7,9,11H2,1-4H3/b13-6+,14-10+. The van der Waals surface area contributed by atoms with Gasteiger partial charge in [0.2, 0.25) is 0 Å². The maximum atomic E-state index is 8.69. The summed E-state index contributed by atoms with van der Waals surface area (Å²) < 4.78 is 0. The SMILES string of the molecule is CC(C)=CC/C(C)=C/CC/C(C)=C/CO. The van der Waals surface area contributed by atoms with Crippen LogP contribution in [0.4, 0.5) is 0 Å². The minimum Gasteiger partial charge on any atom is -0.392 e. The van der Waals surface area contributed by atoms with Gasteiger partial charge in [0.05, 0.1) is 6.61 Å². The number of hydrogen-bond acceptors (Lipinski definition) is 1. The van der Waals surface area contributed by atoms with Crippen molar-refractivity contribution in [2.75, 3.05) is 6.61 Å². The molecule has 15 heavy (non-hydrogen) atoms. The Labute approximate surface area is 94.2 Å². The predicted octanol–water partition coefficient (Wildman–Crippen LogP) is 4.01. The van der Waals surface area contributed by atoms with Crippen molar-refractivity contribution >= 4 is 0 Å². The van der Waals surface area contributed by atoms with E-state index in [1.54, 1.807) is 0 Å². The van der Waals surface area contributed by atoms with Gasteiger partial charge < -0.3 is 5.11 Å². The first-order valence-electron chi connectivity index (χ1n) is 5.61. The number of aliphatic hydroxyl groups is 1. The highest BCUT2D eigenvalue weighted by molar-refractivity contribution is 5.09. The fraction of sp³-hybridized carbons (Fsp3) is 0.571. The lowest BCUT2D eigenvalue weighted by Crippen LogP contribution is -1.81. The van der Waals surface area contributed by atoms with Crippen LogP contribution in [0.5, 0.6) is 0 Å². The second-order valence-corrected chi connectivity index (χ2v) is 4.31. The maximum Gasteiger partial charge on any atom is 0.0614 e. The van der Waals surface area contributed by atoms with Crippen LogP contribution in [-0.4, -0.2) is 11.7 Å². The fourth-order valence-corrected chi connectivity index (χ4v) is 1.25. The van der Waals surface area contributed by atoms with Crippen LogP contribution in [0, 0.1) is 0 Å². The van der Waals surface area contributed by atoms with E-state index in [0.29, 0.717) is 0 Å². The van der Waals surface area contributed by atoms with E-state index in [0.717, 1.165) is 19.3 Å². The summed E-state index contributed by atoms with van der Waals surface area (Å²) in [6, 6.07) is 0. The Morgan fingerprint density at radius 2 is 1.60 bits per heavy atom. The number of allylic oxidation sites excluding steroid dienone is 5. The lowest BCUT2D eigenvalue weighted by molar-refractivity contribution is 0.341. The summed E-state index contributed by atoms with van der Waals surface area (Å²) in [5.74, 6) is 0. The van der Waals surface area contributed by atoms with E-state index in [1.165, 1.54) is 16.7 Å². The van der Waals surface area contributed by atoms with Gasteiger partial charge in [0.1, 0.15) is 0 Å². The van der Waals surface area contributed by atoms with Gasteiger partial charge in [0, 0.05) is 0 Å². The van der Waals surface area contributed by atoms with Crippen LogP contribution in [0.2, 0.25) is 0 Å². The van der Waals surface area contributed by atoms with Crippen molar-refractivity contribution in [2.24, 2.45) is 0 Å². The van der Waals surface area contributed by atoms with Crippen molar-refractivity contribution in [3.8, 4) is 0 Å². The van der Waals surface area contributed by atoms with Crippen molar-refractivity contribution in [1.29, 1.82) is 0 Å². The van der Waals surface area contributed by atoms with E-state index in [4.69, 9.17) is 5.11 Å². The molecule has 0 rings (SSSR count). The molecule has 86 valence electrons. The Kier molecular flexibility index (Phi) is 8.02. The van der Waals surface area contributed by atoms with Crippen LogP contribution in [0.1, 0.15) is 47.0 Å². The molecule has 0 radical (unpaired) electrons. The lowest BCUT2D eigenvalue weighted by Gasteiger charge is -1.99. The smallest absolute Gasteiger partial charge is 0.0614 e. The first kappa shape index (κ1) is 14.2. The second-order valence-electron chi connectivity index (χ2n) is 4.31. The van der Waals surface area contributed by atoms with Crippen LogP contribution in [0.15, 0.2) is 34.9 Å². The Morgan fingerprint density at radius 3 is 2.13 bits per heavy atom. The summed E-state index contributed by atoms with van der Waals surface area (Å²) in [7, 11) is 0. The summed E-state index contributed by atoms with van der Waals surface area (Å²) in [5, 5.41) is 8.69. The number of rotatable bonds is 6. The minimum absolute atomic E-state index is 0.159. The second kappa shape index (κ2) is 8.49. The topological polar surface area (TPSA) is 20.2 Å². The molecule has 1 N–H and O–H groups in total. The van der Waals surface area contributed by atoms with Crippen LogP contribution in [0.25, 0.3) is 0 Å². The molecule has 0 aliphatic heterocycles. The van der Waals surface area contributed by atoms with Crippen molar-refractivity contribution in [2.45, 2.75) is 47.0 Å². The first-order chi connectivity index (χ1) is 7.06.